The molecule has 0 N–H and O–H groups in total. The number of hydrogen-bond acceptors (Lipinski definition) is 7. The van der Waals surface area contributed by atoms with Crippen molar-refractivity contribution in [2.24, 2.45) is 0 Å². The number of hydrogen-bond donors (Lipinski definition) is 0. The zero-order valence-electron chi connectivity index (χ0n) is 18.3. The second-order valence-corrected chi connectivity index (χ2v) is 9.36. The molecule has 1 aliphatic rings. The molecule has 0 spiro atoms. The first-order valence-electron chi connectivity index (χ1n) is 10.3. The molecule has 1 aliphatic heterocycles. The quantitative estimate of drug-likeness (QED) is 0.309. The lowest BCUT2D eigenvalue weighted by Gasteiger charge is -2.22. The highest BCUT2D eigenvalue weighted by atomic mass is 32.1. The van der Waals surface area contributed by atoms with Gasteiger partial charge >= 0.3 is 0 Å². The minimum atomic E-state index is -0.889. The summed E-state index contributed by atoms with van der Waals surface area (Å²) in [7, 11) is 0. The Labute approximate surface area is 192 Å². The fourth-order valence-corrected chi connectivity index (χ4v) is 5.04. The molecule has 9 heteroatoms. The number of amides is 1. The molecule has 0 saturated heterocycles. The van der Waals surface area contributed by atoms with E-state index in [-0.39, 0.29) is 22.4 Å². The lowest BCUT2D eigenvalue weighted by Crippen LogP contribution is -2.29. The number of nitro benzene ring substituents is 1. The monoisotopic (exact) mass is 461 g/mol. The van der Waals surface area contributed by atoms with Crippen molar-refractivity contribution in [3.8, 4) is 0 Å². The van der Waals surface area contributed by atoms with E-state index >= 15 is 0 Å². The van der Waals surface area contributed by atoms with Crippen LogP contribution < -0.4 is 10.3 Å². The van der Waals surface area contributed by atoms with E-state index in [2.05, 4.69) is 4.98 Å². The third kappa shape index (κ3) is 3.15. The van der Waals surface area contributed by atoms with Gasteiger partial charge in [-0.2, -0.15) is 0 Å². The van der Waals surface area contributed by atoms with E-state index in [1.807, 2.05) is 27.7 Å². The van der Waals surface area contributed by atoms with Crippen molar-refractivity contribution in [3.63, 3.8) is 0 Å². The summed E-state index contributed by atoms with van der Waals surface area (Å²) in [6, 6.07) is 8.59. The third-order valence-electron chi connectivity index (χ3n) is 6.11. The zero-order chi connectivity index (χ0) is 23.6. The van der Waals surface area contributed by atoms with Gasteiger partial charge in [-0.25, -0.2) is 4.98 Å². The maximum atomic E-state index is 13.7. The predicted octanol–water partition coefficient (Wildman–Crippen LogP) is 5.14. The maximum Gasteiger partial charge on any atom is 0.297 e. The molecule has 1 atom stereocenters. The van der Waals surface area contributed by atoms with Crippen molar-refractivity contribution in [2.45, 2.75) is 33.7 Å². The van der Waals surface area contributed by atoms with Crippen LogP contribution in [-0.4, -0.2) is 15.8 Å². The third-order valence-corrected chi connectivity index (χ3v) is 7.18. The topological polar surface area (TPSA) is 107 Å². The molecule has 5 rings (SSSR count). The van der Waals surface area contributed by atoms with Crippen LogP contribution in [-0.2, 0) is 0 Å². The Kier molecular flexibility index (Phi) is 4.68. The molecule has 0 bridgehead atoms. The van der Waals surface area contributed by atoms with E-state index in [1.165, 1.54) is 28.4 Å². The van der Waals surface area contributed by atoms with Crippen LogP contribution in [0.1, 0.15) is 49.4 Å². The summed E-state index contributed by atoms with van der Waals surface area (Å²) in [6.07, 6.45) is 0. The number of carbonyl (C=O) groups excluding carboxylic acids is 1. The predicted molar refractivity (Wildman–Crippen MR) is 125 cm³/mol. The number of thiazole rings is 1. The van der Waals surface area contributed by atoms with Gasteiger partial charge in [0, 0.05) is 17.0 Å². The number of fused-ring (bicyclic) bond motifs is 2. The number of rotatable bonds is 3. The van der Waals surface area contributed by atoms with Gasteiger partial charge in [-0.1, -0.05) is 12.1 Å². The number of aromatic nitrogens is 1. The number of non-ortho nitro benzene ring substituents is 1. The van der Waals surface area contributed by atoms with E-state index in [0.29, 0.717) is 21.7 Å². The minimum absolute atomic E-state index is 0.0576. The molecule has 8 nitrogen and oxygen atoms in total. The highest BCUT2D eigenvalue weighted by Crippen LogP contribution is 2.43. The van der Waals surface area contributed by atoms with Crippen molar-refractivity contribution in [3.05, 3.63) is 95.3 Å². The molecule has 1 amide bonds. The Morgan fingerprint density at radius 1 is 1.09 bits per heavy atom. The summed E-state index contributed by atoms with van der Waals surface area (Å²) in [4.78, 5) is 45.1. The van der Waals surface area contributed by atoms with Crippen LogP contribution in [0.3, 0.4) is 0 Å². The molecule has 1 unspecified atom stereocenters. The van der Waals surface area contributed by atoms with E-state index in [1.54, 1.807) is 24.3 Å². The maximum absolute atomic E-state index is 13.7. The second-order valence-electron chi connectivity index (χ2n) is 8.17. The largest absolute Gasteiger partial charge is 0.450 e. The minimum Gasteiger partial charge on any atom is -0.450 e. The molecule has 0 radical (unpaired) electrons. The molecule has 0 aliphatic carbocycles. The van der Waals surface area contributed by atoms with E-state index < -0.39 is 16.9 Å². The van der Waals surface area contributed by atoms with Crippen LogP contribution in [0, 0.1) is 37.8 Å². The van der Waals surface area contributed by atoms with Gasteiger partial charge < -0.3 is 4.42 Å². The Morgan fingerprint density at radius 2 is 1.82 bits per heavy atom. The molecule has 166 valence electrons. The van der Waals surface area contributed by atoms with Crippen molar-refractivity contribution >= 4 is 39.0 Å². The standard InChI is InChI=1S/C24H19N3O5S/c1-11-8-17-18(9-12(11)2)32-22-19(21(17)28)20(15-6-5-7-16(10-15)27(30)31)26(23(22)29)24-25-13(3)14(4)33-24/h5-10,20H,1-4H3. The lowest BCUT2D eigenvalue weighted by atomic mass is 9.97. The summed E-state index contributed by atoms with van der Waals surface area (Å²) in [5, 5.41) is 12.2. The van der Waals surface area contributed by atoms with Gasteiger partial charge in [0.25, 0.3) is 11.6 Å². The van der Waals surface area contributed by atoms with Crippen LogP contribution in [0.2, 0.25) is 0 Å². The Balaban J connectivity index is 1.84. The summed E-state index contributed by atoms with van der Waals surface area (Å²) >= 11 is 1.33. The fourth-order valence-electron chi connectivity index (χ4n) is 4.11. The molecule has 33 heavy (non-hydrogen) atoms. The summed E-state index contributed by atoms with van der Waals surface area (Å²) in [5.74, 6) is -0.551. The Bertz CT molecular complexity index is 1530. The summed E-state index contributed by atoms with van der Waals surface area (Å²) in [5.41, 5.74) is 3.12. The van der Waals surface area contributed by atoms with Crippen molar-refractivity contribution in [2.75, 3.05) is 4.90 Å². The van der Waals surface area contributed by atoms with Crippen molar-refractivity contribution in [1.82, 2.24) is 4.98 Å². The van der Waals surface area contributed by atoms with Gasteiger partial charge in [-0.3, -0.25) is 24.6 Å². The van der Waals surface area contributed by atoms with Gasteiger partial charge in [0.1, 0.15) is 5.58 Å². The normalized spacial score (nSPS) is 15.3. The van der Waals surface area contributed by atoms with Gasteiger partial charge in [-0.15, -0.1) is 11.3 Å². The van der Waals surface area contributed by atoms with Crippen LogP contribution in [0.5, 0.6) is 0 Å². The van der Waals surface area contributed by atoms with Crippen LogP contribution in [0.4, 0.5) is 10.8 Å². The van der Waals surface area contributed by atoms with E-state index in [4.69, 9.17) is 4.42 Å². The molecular formula is C24H19N3O5S. The second kappa shape index (κ2) is 7.35. The SMILES string of the molecule is Cc1cc2oc3c(c(=O)c2cc1C)C(c1cccc([N+](=O)[O-])c1)N(c1nc(C)c(C)s1)C3=O. The van der Waals surface area contributed by atoms with E-state index in [9.17, 15) is 19.7 Å². The molecule has 0 saturated carbocycles. The average molecular weight is 461 g/mol. The van der Waals surface area contributed by atoms with Crippen molar-refractivity contribution < 1.29 is 14.1 Å². The van der Waals surface area contributed by atoms with Crippen LogP contribution >= 0.6 is 11.3 Å². The highest BCUT2D eigenvalue weighted by molar-refractivity contribution is 7.15. The molecule has 3 heterocycles. The number of carbonyl (C=O) groups is 1. The highest BCUT2D eigenvalue weighted by Gasteiger charge is 2.45. The molecular weight excluding hydrogens is 442 g/mol. The van der Waals surface area contributed by atoms with E-state index in [0.717, 1.165) is 21.7 Å². The number of nitrogens with zero attached hydrogens (tertiary/aromatic N) is 3. The number of nitro groups is 1. The smallest absolute Gasteiger partial charge is 0.297 e. The number of aryl methyl sites for hydroxylation is 4. The first-order chi connectivity index (χ1) is 15.7. The Hall–Kier alpha value is -3.85. The molecule has 2 aromatic carbocycles. The summed E-state index contributed by atoms with van der Waals surface area (Å²) < 4.78 is 6.00. The molecule has 4 aromatic rings. The zero-order valence-corrected chi connectivity index (χ0v) is 19.1. The van der Waals surface area contributed by atoms with Crippen LogP contribution in [0.25, 0.3) is 11.0 Å². The van der Waals surface area contributed by atoms with Gasteiger partial charge in [0.15, 0.2) is 10.6 Å². The average Bonchev–Trinajstić information content (AvgIpc) is 3.26. The Morgan fingerprint density at radius 3 is 2.48 bits per heavy atom. The van der Waals surface area contributed by atoms with Gasteiger partial charge in [0.2, 0.25) is 5.76 Å². The van der Waals surface area contributed by atoms with Crippen LogP contribution in [0.15, 0.2) is 45.6 Å². The fraction of sp³-hybridized carbons (Fsp3) is 0.208. The first-order valence-corrected chi connectivity index (χ1v) is 11.1. The van der Waals surface area contributed by atoms with Crippen molar-refractivity contribution in [1.29, 1.82) is 0 Å². The number of anilines is 1. The van der Waals surface area contributed by atoms with Gasteiger partial charge in [-0.05, 0) is 56.5 Å². The summed E-state index contributed by atoms with van der Waals surface area (Å²) in [6.45, 7) is 7.55. The number of benzene rings is 2. The lowest BCUT2D eigenvalue weighted by molar-refractivity contribution is -0.384. The molecule has 0 fully saturated rings. The van der Waals surface area contributed by atoms with Gasteiger partial charge in [0.05, 0.1) is 27.6 Å². The first kappa shape index (κ1) is 21.0. The molecule has 2 aromatic heterocycles.